The van der Waals surface area contributed by atoms with E-state index < -0.39 is 0 Å². The summed E-state index contributed by atoms with van der Waals surface area (Å²) < 4.78 is 0. The molecule has 0 aliphatic carbocycles. The third-order valence-electron chi connectivity index (χ3n) is 6.07. The van der Waals surface area contributed by atoms with Gasteiger partial charge in [-0.25, -0.2) is 0 Å². The van der Waals surface area contributed by atoms with Gasteiger partial charge in [0.05, 0.1) is 17.4 Å². The topological polar surface area (TPSA) is 74.0 Å². The number of aryl methyl sites for hydroxylation is 1. The Kier molecular flexibility index (Phi) is 5.45. The summed E-state index contributed by atoms with van der Waals surface area (Å²) in [6, 6.07) is 6.58. The monoisotopic (exact) mass is 369 g/mol. The summed E-state index contributed by atoms with van der Waals surface area (Å²) >= 11 is 0. The van der Waals surface area contributed by atoms with Crippen molar-refractivity contribution in [2.24, 2.45) is 16.8 Å². The van der Waals surface area contributed by atoms with Gasteiger partial charge in [-0.2, -0.15) is 5.10 Å². The van der Waals surface area contributed by atoms with Crippen LogP contribution in [0.2, 0.25) is 0 Å². The second-order valence-electron chi connectivity index (χ2n) is 8.03. The number of carbonyl (C=O) groups excluding carboxylic acids is 1. The van der Waals surface area contributed by atoms with Gasteiger partial charge in [0, 0.05) is 12.1 Å². The smallest absolute Gasteiger partial charge is 0.238 e. The number of hydrogen-bond donors (Lipinski definition) is 2. The maximum Gasteiger partial charge on any atom is 0.238 e. The first-order chi connectivity index (χ1) is 13.2. The van der Waals surface area contributed by atoms with Crippen molar-refractivity contribution in [2.75, 3.05) is 37.6 Å². The summed E-state index contributed by atoms with van der Waals surface area (Å²) in [6.45, 7) is 6.99. The van der Waals surface area contributed by atoms with Gasteiger partial charge in [0.2, 0.25) is 5.91 Å². The molecule has 1 saturated heterocycles. The number of nitrogens with zero attached hydrogens (tertiary/aromatic N) is 3. The number of hydrazone groups is 1. The molecule has 0 spiro atoms. The minimum Gasteiger partial charge on any atom is -0.330 e. The molecule has 3 heterocycles. The van der Waals surface area contributed by atoms with Crippen molar-refractivity contribution in [1.82, 2.24) is 10.3 Å². The van der Waals surface area contributed by atoms with E-state index in [1.165, 1.54) is 44.5 Å². The Hall–Kier alpha value is -1.92. The lowest BCUT2D eigenvalue weighted by atomic mass is 9.85. The summed E-state index contributed by atoms with van der Waals surface area (Å²) in [4.78, 5) is 17.5. The fraction of sp³-hybridized carbons (Fsp3) is 0.619. The van der Waals surface area contributed by atoms with Crippen LogP contribution in [-0.4, -0.2) is 55.3 Å². The van der Waals surface area contributed by atoms with E-state index in [-0.39, 0.29) is 17.9 Å². The summed E-state index contributed by atoms with van der Waals surface area (Å²) in [5, 5.41) is 4.52. The van der Waals surface area contributed by atoms with Gasteiger partial charge >= 0.3 is 0 Å². The van der Waals surface area contributed by atoms with Crippen LogP contribution in [0.1, 0.15) is 43.7 Å². The molecule has 4 rings (SSSR count). The number of nitrogens with one attached hydrogen (secondary N) is 1. The van der Waals surface area contributed by atoms with E-state index in [0.717, 1.165) is 29.8 Å². The highest BCUT2D eigenvalue weighted by molar-refractivity contribution is 6.24. The average molecular weight is 370 g/mol. The molecule has 6 heteroatoms. The quantitative estimate of drug-likeness (QED) is 0.768. The number of benzene rings is 1. The molecule has 1 fully saturated rings. The molecule has 0 bridgehead atoms. The molecular formula is C21H31N5O. The van der Waals surface area contributed by atoms with Crippen LogP contribution in [0, 0.1) is 5.92 Å². The number of carbonyl (C=O) groups is 1. The first-order valence-electron chi connectivity index (χ1n) is 10.4. The molecule has 0 radical (unpaired) electrons. The molecule has 2 unspecified atom stereocenters. The van der Waals surface area contributed by atoms with E-state index in [1.807, 2.05) is 11.8 Å². The number of fused-ring (bicyclic) bond motifs is 3. The number of nitrogens with two attached hydrogens (primary N) is 1. The molecule has 1 aromatic rings. The number of amides is 1. The van der Waals surface area contributed by atoms with Crippen molar-refractivity contribution in [2.45, 2.75) is 45.1 Å². The second kappa shape index (κ2) is 7.98. The fourth-order valence-corrected chi connectivity index (χ4v) is 4.57. The van der Waals surface area contributed by atoms with Crippen molar-refractivity contribution in [1.29, 1.82) is 0 Å². The van der Waals surface area contributed by atoms with Crippen LogP contribution in [0.4, 0.5) is 5.69 Å². The number of rotatable bonds is 7. The third kappa shape index (κ3) is 3.60. The number of hydrogen-bond acceptors (Lipinski definition) is 5. The lowest BCUT2D eigenvalue weighted by molar-refractivity contribution is -0.121. The molecule has 3 N–H and O–H groups in total. The van der Waals surface area contributed by atoms with Crippen molar-refractivity contribution in [3.63, 3.8) is 0 Å². The highest BCUT2D eigenvalue weighted by Gasteiger charge is 2.43. The molecule has 0 saturated carbocycles. The molecule has 1 amide bonds. The lowest BCUT2D eigenvalue weighted by Crippen LogP contribution is -2.48. The SMILES string of the molecule is CC1NN=C2c3cc(CCCN4CCCC4)ccc3N(CCCN)C(=O)C21. The highest BCUT2D eigenvalue weighted by Crippen LogP contribution is 2.35. The Labute approximate surface area is 161 Å². The minimum absolute atomic E-state index is 0.0415. The molecule has 3 aliphatic heterocycles. The number of anilines is 1. The lowest BCUT2D eigenvalue weighted by Gasteiger charge is -2.34. The van der Waals surface area contributed by atoms with Gasteiger partial charge in [0.1, 0.15) is 5.92 Å². The molecule has 6 nitrogen and oxygen atoms in total. The van der Waals surface area contributed by atoms with Crippen LogP contribution in [0.15, 0.2) is 23.3 Å². The van der Waals surface area contributed by atoms with Crippen molar-refractivity contribution >= 4 is 17.3 Å². The molecule has 146 valence electrons. The van der Waals surface area contributed by atoms with Crippen LogP contribution >= 0.6 is 0 Å². The van der Waals surface area contributed by atoms with Gasteiger partial charge in [0.25, 0.3) is 0 Å². The number of likely N-dealkylation sites (tertiary alicyclic amines) is 1. The normalized spacial score (nSPS) is 24.6. The minimum atomic E-state index is -0.185. The maximum atomic E-state index is 13.0. The predicted octanol–water partition coefficient (Wildman–Crippen LogP) is 1.72. The van der Waals surface area contributed by atoms with E-state index in [4.69, 9.17) is 5.73 Å². The Morgan fingerprint density at radius 3 is 2.81 bits per heavy atom. The third-order valence-corrected chi connectivity index (χ3v) is 6.07. The summed E-state index contributed by atoms with van der Waals surface area (Å²) in [7, 11) is 0. The summed E-state index contributed by atoms with van der Waals surface area (Å²) in [6.07, 6.45) is 5.75. The molecule has 1 aromatic carbocycles. The zero-order valence-electron chi connectivity index (χ0n) is 16.3. The van der Waals surface area contributed by atoms with Crippen LogP contribution < -0.4 is 16.1 Å². The Morgan fingerprint density at radius 1 is 1.22 bits per heavy atom. The van der Waals surface area contributed by atoms with Gasteiger partial charge in [-0.1, -0.05) is 6.07 Å². The first-order valence-corrected chi connectivity index (χ1v) is 10.4. The van der Waals surface area contributed by atoms with Crippen LogP contribution in [0.5, 0.6) is 0 Å². The van der Waals surface area contributed by atoms with Crippen molar-refractivity contribution < 1.29 is 4.79 Å². The summed E-state index contributed by atoms with van der Waals surface area (Å²) in [5.74, 6) is -0.0379. The van der Waals surface area contributed by atoms with E-state index in [1.54, 1.807) is 0 Å². The zero-order chi connectivity index (χ0) is 18.8. The standard InChI is InChI=1S/C21H31N5O/c1-15-19-20(24-23-15)17-14-16(6-4-12-25-10-2-3-11-25)7-8-18(17)26(21(19)27)13-5-9-22/h7-8,14-15,19,23H,2-6,9-13,22H2,1H3. The van der Waals surface area contributed by atoms with E-state index in [9.17, 15) is 4.79 Å². The molecule has 27 heavy (non-hydrogen) atoms. The van der Waals surface area contributed by atoms with E-state index >= 15 is 0 Å². The molecule has 2 atom stereocenters. The maximum absolute atomic E-state index is 13.0. The van der Waals surface area contributed by atoms with Crippen molar-refractivity contribution in [3.05, 3.63) is 29.3 Å². The van der Waals surface area contributed by atoms with Gasteiger partial charge < -0.3 is 21.0 Å². The molecule has 0 aromatic heterocycles. The zero-order valence-corrected chi connectivity index (χ0v) is 16.3. The van der Waals surface area contributed by atoms with Crippen LogP contribution in [0.25, 0.3) is 0 Å². The Balaban J connectivity index is 1.54. The molecule has 3 aliphatic rings. The second-order valence-corrected chi connectivity index (χ2v) is 8.03. The highest BCUT2D eigenvalue weighted by atomic mass is 16.2. The summed E-state index contributed by atoms with van der Waals surface area (Å²) in [5.41, 5.74) is 13.2. The van der Waals surface area contributed by atoms with Gasteiger partial charge in [0.15, 0.2) is 0 Å². The first kappa shape index (κ1) is 18.4. The van der Waals surface area contributed by atoms with E-state index in [0.29, 0.717) is 13.1 Å². The van der Waals surface area contributed by atoms with Crippen molar-refractivity contribution in [3.8, 4) is 0 Å². The average Bonchev–Trinajstić information content (AvgIpc) is 3.32. The fourth-order valence-electron chi connectivity index (χ4n) is 4.57. The van der Waals surface area contributed by atoms with Gasteiger partial charge in [-0.3, -0.25) is 4.79 Å². The Morgan fingerprint density at radius 2 is 2.04 bits per heavy atom. The van der Waals surface area contributed by atoms with E-state index in [2.05, 4.69) is 33.6 Å². The van der Waals surface area contributed by atoms with Crippen LogP contribution in [-0.2, 0) is 11.2 Å². The largest absolute Gasteiger partial charge is 0.330 e. The van der Waals surface area contributed by atoms with Gasteiger partial charge in [-0.05, 0) is 82.9 Å². The Bertz CT molecular complexity index is 725. The molecular weight excluding hydrogens is 338 g/mol. The van der Waals surface area contributed by atoms with Gasteiger partial charge in [-0.15, -0.1) is 0 Å². The predicted molar refractivity (Wildman–Crippen MR) is 109 cm³/mol. The van der Waals surface area contributed by atoms with Crippen LogP contribution in [0.3, 0.4) is 0 Å².